The van der Waals surface area contributed by atoms with Crippen molar-refractivity contribution in [3.8, 4) is 5.75 Å². The lowest BCUT2D eigenvalue weighted by Crippen LogP contribution is -2.11. The molecule has 90 valence electrons. The molecule has 0 saturated heterocycles. The maximum absolute atomic E-state index is 10.3. The molecule has 0 amide bonds. The summed E-state index contributed by atoms with van der Waals surface area (Å²) in [5.74, 6) is 0.893. The first-order valence-corrected chi connectivity index (χ1v) is 6.41. The van der Waals surface area contributed by atoms with Crippen LogP contribution in [0.2, 0.25) is 0 Å². The van der Waals surface area contributed by atoms with Crippen molar-refractivity contribution in [3.63, 3.8) is 0 Å². The van der Waals surface area contributed by atoms with Crippen LogP contribution in [0.5, 0.6) is 5.75 Å². The lowest BCUT2D eigenvalue weighted by Gasteiger charge is -2.20. The number of phenols is 1. The molecular formula is C13H20BrNO. The van der Waals surface area contributed by atoms with E-state index < -0.39 is 0 Å². The number of rotatable bonds is 3. The molecule has 3 N–H and O–H groups in total. The molecule has 0 bridgehead atoms. The predicted molar refractivity (Wildman–Crippen MR) is 72.1 cm³/mol. The summed E-state index contributed by atoms with van der Waals surface area (Å²) in [6, 6.07) is 2.00. The van der Waals surface area contributed by atoms with Crippen LogP contribution in [0.1, 0.15) is 49.3 Å². The van der Waals surface area contributed by atoms with Gasteiger partial charge in [0.2, 0.25) is 0 Å². The van der Waals surface area contributed by atoms with Crippen molar-refractivity contribution in [2.75, 3.05) is 6.54 Å². The smallest absolute Gasteiger partial charge is 0.122 e. The van der Waals surface area contributed by atoms with E-state index in [9.17, 15) is 5.11 Å². The van der Waals surface area contributed by atoms with Gasteiger partial charge in [-0.1, -0.05) is 36.7 Å². The Kier molecular flexibility index (Phi) is 4.39. The average molecular weight is 286 g/mol. The monoisotopic (exact) mass is 285 g/mol. The van der Waals surface area contributed by atoms with Crippen molar-refractivity contribution in [3.05, 3.63) is 27.2 Å². The quantitative estimate of drug-likeness (QED) is 0.891. The molecule has 1 aromatic carbocycles. The maximum Gasteiger partial charge on any atom is 0.122 e. The molecule has 16 heavy (non-hydrogen) atoms. The normalized spacial score (nSPS) is 13.2. The number of phenolic OH excluding ortho intramolecular Hbond substituents is 1. The predicted octanol–water partition coefficient (Wildman–Crippen LogP) is 3.65. The first-order chi connectivity index (χ1) is 7.40. The van der Waals surface area contributed by atoms with Crippen molar-refractivity contribution >= 4 is 15.9 Å². The summed E-state index contributed by atoms with van der Waals surface area (Å²) in [6.07, 6.45) is 0. The van der Waals surface area contributed by atoms with Crippen LogP contribution in [-0.4, -0.2) is 11.7 Å². The molecule has 3 heteroatoms. The summed E-state index contributed by atoms with van der Waals surface area (Å²) < 4.78 is 1.05. The summed E-state index contributed by atoms with van der Waals surface area (Å²) in [4.78, 5) is 0. The lowest BCUT2D eigenvalue weighted by molar-refractivity contribution is 0.452. The van der Waals surface area contributed by atoms with Crippen LogP contribution in [0, 0.1) is 6.92 Å². The molecule has 2 nitrogen and oxygen atoms in total. The Labute approximate surface area is 106 Å². The van der Waals surface area contributed by atoms with E-state index in [4.69, 9.17) is 5.73 Å². The maximum atomic E-state index is 10.3. The minimum Gasteiger partial charge on any atom is -0.507 e. The first kappa shape index (κ1) is 13.5. The average Bonchev–Trinajstić information content (AvgIpc) is 2.22. The zero-order valence-corrected chi connectivity index (χ0v) is 11.9. The van der Waals surface area contributed by atoms with Gasteiger partial charge < -0.3 is 10.8 Å². The lowest BCUT2D eigenvalue weighted by atomic mass is 9.90. The van der Waals surface area contributed by atoms with Crippen LogP contribution in [0.4, 0.5) is 0 Å². The van der Waals surface area contributed by atoms with Gasteiger partial charge in [0.05, 0.1) is 0 Å². The van der Waals surface area contributed by atoms with E-state index in [1.165, 1.54) is 0 Å². The molecule has 0 aromatic heterocycles. The highest BCUT2D eigenvalue weighted by Gasteiger charge is 2.19. The van der Waals surface area contributed by atoms with Gasteiger partial charge in [-0.15, -0.1) is 0 Å². The second-order valence-corrected chi connectivity index (χ2v) is 5.48. The van der Waals surface area contributed by atoms with Gasteiger partial charge in [0.1, 0.15) is 5.75 Å². The fraction of sp³-hybridized carbons (Fsp3) is 0.538. The molecule has 0 aliphatic carbocycles. The van der Waals surface area contributed by atoms with Crippen LogP contribution >= 0.6 is 15.9 Å². The second kappa shape index (κ2) is 5.19. The Bertz CT molecular complexity index is 388. The topological polar surface area (TPSA) is 46.2 Å². The highest BCUT2D eigenvalue weighted by atomic mass is 79.9. The van der Waals surface area contributed by atoms with Crippen molar-refractivity contribution in [2.24, 2.45) is 5.73 Å². The van der Waals surface area contributed by atoms with Gasteiger partial charge in [0.25, 0.3) is 0 Å². The summed E-state index contributed by atoms with van der Waals surface area (Å²) in [7, 11) is 0. The highest BCUT2D eigenvalue weighted by molar-refractivity contribution is 9.10. The standard InChI is InChI=1S/C13H20BrNO/c1-7(2)10-5-11(14)9(4)12(13(10)16)8(3)6-15/h5,7-8,16H,6,15H2,1-4H3. The fourth-order valence-corrected chi connectivity index (χ4v) is 2.40. The van der Waals surface area contributed by atoms with E-state index in [1.807, 2.05) is 19.9 Å². The van der Waals surface area contributed by atoms with Crippen LogP contribution < -0.4 is 5.73 Å². The molecule has 0 aliphatic rings. The molecule has 0 saturated carbocycles. The fourth-order valence-electron chi connectivity index (χ4n) is 1.94. The van der Waals surface area contributed by atoms with Crippen LogP contribution in [0.3, 0.4) is 0 Å². The summed E-state index contributed by atoms with van der Waals surface area (Å²) in [5.41, 5.74) is 8.73. The SMILES string of the molecule is Cc1c(Br)cc(C(C)C)c(O)c1C(C)CN. The molecular weight excluding hydrogens is 266 g/mol. The number of halogens is 1. The zero-order valence-electron chi connectivity index (χ0n) is 10.3. The largest absolute Gasteiger partial charge is 0.507 e. The molecule has 0 fully saturated rings. The minimum atomic E-state index is 0.176. The molecule has 1 unspecified atom stereocenters. The van der Waals surface area contributed by atoms with Gasteiger partial charge in [-0.2, -0.15) is 0 Å². The number of hydrogen-bond donors (Lipinski definition) is 2. The summed E-state index contributed by atoms with van der Waals surface area (Å²) in [6.45, 7) is 8.75. The van der Waals surface area contributed by atoms with E-state index in [2.05, 4.69) is 29.8 Å². The number of hydrogen-bond acceptors (Lipinski definition) is 2. The Morgan fingerprint density at radius 1 is 1.38 bits per heavy atom. The van der Waals surface area contributed by atoms with Gasteiger partial charge >= 0.3 is 0 Å². The second-order valence-electron chi connectivity index (χ2n) is 4.63. The van der Waals surface area contributed by atoms with Crippen LogP contribution in [0.25, 0.3) is 0 Å². The number of benzene rings is 1. The van der Waals surface area contributed by atoms with E-state index in [1.54, 1.807) is 0 Å². The third-order valence-corrected chi connectivity index (χ3v) is 3.87. The van der Waals surface area contributed by atoms with Gasteiger partial charge in [0.15, 0.2) is 0 Å². The van der Waals surface area contributed by atoms with Gasteiger partial charge in [-0.3, -0.25) is 0 Å². The molecule has 0 radical (unpaired) electrons. The molecule has 0 spiro atoms. The Morgan fingerprint density at radius 2 is 1.94 bits per heavy atom. The zero-order chi connectivity index (χ0) is 12.5. The minimum absolute atomic E-state index is 0.176. The van der Waals surface area contributed by atoms with Crippen molar-refractivity contribution in [1.82, 2.24) is 0 Å². The first-order valence-electron chi connectivity index (χ1n) is 5.62. The molecule has 0 aliphatic heterocycles. The molecule has 1 atom stereocenters. The van der Waals surface area contributed by atoms with Crippen LogP contribution in [-0.2, 0) is 0 Å². The van der Waals surface area contributed by atoms with Crippen LogP contribution in [0.15, 0.2) is 10.5 Å². The van der Waals surface area contributed by atoms with Crippen molar-refractivity contribution in [2.45, 2.75) is 39.5 Å². The third kappa shape index (κ3) is 2.41. The van der Waals surface area contributed by atoms with Gasteiger partial charge in [-0.25, -0.2) is 0 Å². The van der Waals surface area contributed by atoms with E-state index in [0.29, 0.717) is 18.2 Å². The van der Waals surface area contributed by atoms with Gasteiger partial charge in [0, 0.05) is 10.0 Å². The highest BCUT2D eigenvalue weighted by Crippen LogP contribution is 2.39. The van der Waals surface area contributed by atoms with Crippen molar-refractivity contribution < 1.29 is 5.11 Å². The summed E-state index contributed by atoms with van der Waals surface area (Å²) >= 11 is 3.54. The van der Waals surface area contributed by atoms with Crippen molar-refractivity contribution in [1.29, 1.82) is 0 Å². The Morgan fingerprint density at radius 3 is 2.38 bits per heavy atom. The molecule has 0 heterocycles. The molecule has 1 aromatic rings. The summed E-state index contributed by atoms with van der Waals surface area (Å²) in [5, 5.41) is 10.3. The molecule has 1 rings (SSSR count). The number of aromatic hydroxyl groups is 1. The van der Waals surface area contributed by atoms with E-state index in [0.717, 1.165) is 21.2 Å². The number of nitrogens with two attached hydrogens (primary N) is 1. The van der Waals surface area contributed by atoms with Gasteiger partial charge in [-0.05, 0) is 42.5 Å². The third-order valence-electron chi connectivity index (χ3n) is 3.04. The Hall–Kier alpha value is -0.540. The van der Waals surface area contributed by atoms with E-state index >= 15 is 0 Å². The van der Waals surface area contributed by atoms with E-state index in [-0.39, 0.29) is 5.92 Å². The Balaban J connectivity index is 3.45.